The van der Waals surface area contributed by atoms with Crippen LogP contribution in [0.25, 0.3) is 0 Å². The number of carbonyl (C=O) groups excluding carboxylic acids is 2. The summed E-state index contributed by atoms with van der Waals surface area (Å²) in [5, 5.41) is -1.27. The number of ketones is 1. The van der Waals surface area contributed by atoms with Crippen molar-refractivity contribution in [2.45, 2.75) is 24.8 Å². The highest BCUT2D eigenvalue weighted by molar-refractivity contribution is 6.41. The molecule has 15 heavy (non-hydrogen) atoms. The third-order valence-corrected chi connectivity index (χ3v) is 2.48. The van der Waals surface area contributed by atoms with Crippen molar-refractivity contribution in [2.24, 2.45) is 0 Å². The standard InChI is InChI=1S/C9H14Cl2O4/c1-3-15-9(13)8(11)7(12)4-6(5-10)14-2/h6,8H,3-5H2,1-2H3. The number of halogens is 2. The number of methoxy groups -OCH3 is 1. The molecule has 0 spiro atoms. The van der Waals surface area contributed by atoms with E-state index in [0.29, 0.717) is 0 Å². The van der Waals surface area contributed by atoms with Gasteiger partial charge in [0.05, 0.1) is 12.7 Å². The van der Waals surface area contributed by atoms with Crippen LogP contribution in [0.2, 0.25) is 0 Å². The van der Waals surface area contributed by atoms with Crippen LogP contribution in [0.1, 0.15) is 13.3 Å². The van der Waals surface area contributed by atoms with Crippen molar-refractivity contribution in [3.05, 3.63) is 0 Å². The zero-order valence-electron chi connectivity index (χ0n) is 8.66. The number of rotatable bonds is 7. The molecule has 0 saturated heterocycles. The Hall–Kier alpha value is -0.320. The van der Waals surface area contributed by atoms with Crippen LogP contribution in [0.3, 0.4) is 0 Å². The summed E-state index contributed by atoms with van der Waals surface area (Å²) in [6.45, 7) is 1.83. The van der Waals surface area contributed by atoms with E-state index in [0.717, 1.165) is 0 Å². The highest BCUT2D eigenvalue weighted by Gasteiger charge is 2.27. The Kier molecular flexibility index (Phi) is 7.74. The van der Waals surface area contributed by atoms with E-state index in [2.05, 4.69) is 4.74 Å². The molecule has 0 fully saturated rings. The summed E-state index contributed by atoms with van der Waals surface area (Å²) in [5.41, 5.74) is 0. The molecule has 0 aromatic rings. The zero-order valence-corrected chi connectivity index (χ0v) is 10.2. The van der Waals surface area contributed by atoms with E-state index < -0.39 is 23.2 Å². The van der Waals surface area contributed by atoms with Gasteiger partial charge in [-0.3, -0.25) is 4.79 Å². The largest absolute Gasteiger partial charge is 0.465 e. The molecule has 2 atom stereocenters. The average molecular weight is 257 g/mol. The predicted octanol–water partition coefficient (Wildman–Crippen LogP) is 1.37. The summed E-state index contributed by atoms with van der Waals surface area (Å²) in [4.78, 5) is 22.5. The minimum Gasteiger partial charge on any atom is -0.465 e. The minimum absolute atomic E-state index is 0.00693. The third-order valence-electron chi connectivity index (χ3n) is 1.71. The topological polar surface area (TPSA) is 52.6 Å². The summed E-state index contributed by atoms with van der Waals surface area (Å²) >= 11 is 11.1. The highest BCUT2D eigenvalue weighted by Crippen LogP contribution is 2.09. The Morgan fingerprint density at radius 2 is 2.00 bits per heavy atom. The van der Waals surface area contributed by atoms with Crippen LogP contribution in [0.4, 0.5) is 0 Å². The maximum atomic E-state index is 11.4. The SMILES string of the molecule is CCOC(=O)C(Cl)C(=O)CC(CCl)OC. The molecule has 4 nitrogen and oxygen atoms in total. The molecule has 0 radical (unpaired) electrons. The molecule has 0 N–H and O–H groups in total. The number of esters is 1. The Labute approximate surface area is 98.8 Å². The maximum absolute atomic E-state index is 11.4. The van der Waals surface area contributed by atoms with Gasteiger partial charge in [0.1, 0.15) is 0 Å². The van der Waals surface area contributed by atoms with Gasteiger partial charge in [-0.15, -0.1) is 23.2 Å². The first-order valence-electron chi connectivity index (χ1n) is 4.48. The number of ether oxygens (including phenoxy) is 2. The van der Waals surface area contributed by atoms with E-state index in [1.807, 2.05) is 0 Å². The van der Waals surface area contributed by atoms with Gasteiger partial charge in [-0.05, 0) is 6.92 Å². The monoisotopic (exact) mass is 256 g/mol. The van der Waals surface area contributed by atoms with E-state index >= 15 is 0 Å². The van der Waals surface area contributed by atoms with Crippen molar-refractivity contribution in [3.8, 4) is 0 Å². The van der Waals surface area contributed by atoms with Gasteiger partial charge in [0.25, 0.3) is 0 Å². The van der Waals surface area contributed by atoms with Gasteiger partial charge in [0, 0.05) is 19.4 Å². The molecule has 0 bridgehead atoms. The molecule has 88 valence electrons. The molecule has 0 aromatic carbocycles. The van der Waals surface area contributed by atoms with Crippen molar-refractivity contribution in [3.63, 3.8) is 0 Å². The van der Waals surface area contributed by atoms with Crippen molar-refractivity contribution >= 4 is 35.0 Å². The third kappa shape index (κ3) is 5.35. The molecule has 0 aliphatic rings. The lowest BCUT2D eigenvalue weighted by Gasteiger charge is -2.12. The molecule has 0 aromatic heterocycles. The fourth-order valence-electron chi connectivity index (χ4n) is 0.876. The lowest BCUT2D eigenvalue weighted by atomic mass is 10.1. The molecule has 6 heteroatoms. The van der Waals surface area contributed by atoms with Crippen LogP contribution in [0, 0.1) is 0 Å². The van der Waals surface area contributed by atoms with E-state index in [1.165, 1.54) is 7.11 Å². The van der Waals surface area contributed by atoms with Gasteiger partial charge in [0.2, 0.25) is 0 Å². The van der Waals surface area contributed by atoms with Crippen LogP contribution in [0.5, 0.6) is 0 Å². The van der Waals surface area contributed by atoms with Crippen LogP contribution in [0.15, 0.2) is 0 Å². The molecule has 0 rings (SSSR count). The van der Waals surface area contributed by atoms with Crippen LogP contribution >= 0.6 is 23.2 Å². The first kappa shape index (κ1) is 14.7. The number of Topliss-reactive ketones (excluding diaryl/α,β-unsaturated/α-hetero) is 1. The summed E-state index contributed by atoms with van der Waals surface area (Å²) in [5.74, 6) is -0.995. The quantitative estimate of drug-likeness (QED) is 0.392. The van der Waals surface area contributed by atoms with E-state index in [-0.39, 0.29) is 18.9 Å². The molecule has 0 heterocycles. The average Bonchev–Trinajstić information content (AvgIpc) is 2.24. The van der Waals surface area contributed by atoms with Gasteiger partial charge in [-0.1, -0.05) is 0 Å². The molecule has 2 unspecified atom stereocenters. The number of carbonyl (C=O) groups is 2. The summed E-state index contributed by atoms with van der Waals surface area (Å²) in [6.07, 6.45) is -0.415. The molecular weight excluding hydrogens is 243 g/mol. The van der Waals surface area contributed by atoms with Crippen LogP contribution in [-0.4, -0.2) is 42.8 Å². The first-order chi connectivity index (χ1) is 7.06. The molecule has 0 aliphatic carbocycles. The van der Waals surface area contributed by atoms with Crippen molar-refractivity contribution in [1.29, 1.82) is 0 Å². The van der Waals surface area contributed by atoms with Crippen molar-refractivity contribution in [1.82, 2.24) is 0 Å². The summed E-state index contributed by atoms with van der Waals surface area (Å²) in [6, 6.07) is 0. The van der Waals surface area contributed by atoms with E-state index in [9.17, 15) is 9.59 Å². The van der Waals surface area contributed by atoms with Crippen LogP contribution in [-0.2, 0) is 19.1 Å². The van der Waals surface area contributed by atoms with Gasteiger partial charge in [-0.25, -0.2) is 4.79 Å². The van der Waals surface area contributed by atoms with Crippen molar-refractivity contribution < 1.29 is 19.1 Å². The first-order valence-corrected chi connectivity index (χ1v) is 5.46. The van der Waals surface area contributed by atoms with Gasteiger partial charge in [0.15, 0.2) is 11.2 Å². The fraction of sp³-hybridized carbons (Fsp3) is 0.778. The number of hydrogen-bond acceptors (Lipinski definition) is 4. The predicted molar refractivity (Wildman–Crippen MR) is 57.4 cm³/mol. The maximum Gasteiger partial charge on any atom is 0.331 e. The summed E-state index contributed by atoms with van der Waals surface area (Å²) < 4.78 is 9.50. The zero-order chi connectivity index (χ0) is 11.8. The van der Waals surface area contributed by atoms with Crippen LogP contribution < -0.4 is 0 Å². The molecular formula is C9H14Cl2O4. The Morgan fingerprint density at radius 1 is 1.40 bits per heavy atom. The Balaban J connectivity index is 4.14. The second-order valence-electron chi connectivity index (χ2n) is 2.80. The van der Waals surface area contributed by atoms with E-state index in [4.69, 9.17) is 27.9 Å². The second kappa shape index (κ2) is 7.91. The number of hydrogen-bond donors (Lipinski definition) is 0. The fourth-order valence-corrected chi connectivity index (χ4v) is 1.26. The normalized spacial score (nSPS) is 14.4. The lowest BCUT2D eigenvalue weighted by molar-refractivity contribution is -0.145. The molecule has 0 amide bonds. The van der Waals surface area contributed by atoms with Gasteiger partial charge >= 0.3 is 5.97 Å². The minimum atomic E-state index is -1.27. The number of alkyl halides is 2. The Bertz CT molecular complexity index is 216. The second-order valence-corrected chi connectivity index (χ2v) is 3.54. The smallest absolute Gasteiger partial charge is 0.331 e. The summed E-state index contributed by atoms with van der Waals surface area (Å²) in [7, 11) is 1.44. The highest BCUT2D eigenvalue weighted by atomic mass is 35.5. The van der Waals surface area contributed by atoms with Gasteiger partial charge < -0.3 is 9.47 Å². The van der Waals surface area contributed by atoms with Gasteiger partial charge in [-0.2, -0.15) is 0 Å². The molecule has 0 saturated carbocycles. The Morgan fingerprint density at radius 3 is 2.40 bits per heavy atom. The van der Waals surface area contributed by atoms with E-state index in [1.54, 1.807) is 6.92 Å². The van der Waals surface area contributed by atoms with Crippen molar-refractivity contribution in [2.75, 3.05) is 19.6 Å². The lowest BCUT2D eigenvalue weighted by Crippen LogP contribution is -2.30. The molecule has 0 aliphatic heterocycles.